The Morgan fingerprint density at radius 1 is 1.19 bits per heavy atom. The predicted molar refractivity (Wildman–Crippen MR) is 121 cm³/mol. The van der Waals surface area contributed by atoms with Crippen molar-refractivity contribution in [3.05, 3.63) is 65.7 Å². The second-order valence-corrected chi connectivity index (χ2v) is 8.72. The lowest BCUT2D eigenvalue weighted by Gasteiger charge is -2.19. The van der Waals surface area contributed by atoms with E-state index < -0.39 is 0 Å². The van der Waals surface area contributed by atoms with Gasteiger partial charge in [-0.25, -0.2) is 0 Å². The Morgan fingerprint density at radius 2 is 2.13 bits per heavy atom. The zero-order chi connectivity index (χ0) is 21.5. The van der Waals surface area contributed by atoms with Crippen LogP contribution in [0.25, 0.3) is 0 Å². The summed E-state index contributed by atoms with van der Waals surface area (Å²) in [6, 6.07) is 14.2. The van der Waals surface area contributed by atoms with E-state index in [1.807, 2.05) is 36.5 Å². The molecule has 31 heavy (non-hydrogen) atoms. The Balaban J connectivity index is 1.46. The molecule has 2 aromatic heterocycles. The molecule has 0 aliphatic carbocycles. The molecule has 0 N–H and O–H groups in total. The highest BCUT2D eigenvalue weighted by atomic mass is 32.2. The summed E-state index contributed by atoms with van der Waals surface area (Å²) in [6.07, 6.45) is 4.26. The van der Waals surface area contributed by atoms with Gasteiger partial charge in [-0.3, -0.25) is 9.88 Å². The summed E-state index contributed by atoms with van der Waals surface area (Å²) in [6.45, 7) is 3.15. The van der Waals surface area contributed by atoms with E-state index in [-0.39, 0.29) is 6.10 Å². The van der Waals surface area contributed by atoms with Gasteiger partial charge in [-0.1, -0.05) is 30.0 Å². The summed E-state index contributed by atoms with van der Waals surface area (Å²) < 4.78 is 13.5. The fourth-order valence-corrected chi connectivity index (χ4v) is 4.60. The van der Waals surface area contributed by atoms with E-state index in [1.54, 1.807) is 18.9 Å². The van der Waals surface area contributed by atoms with E-state index in [4.69, 9.17) is 9.47 Å². The van der Waals surface area contributed by atoms with Crippen molar-refractivity contribution in [3.63, 3.8) is 0 Å². The highest BCUT2D eigenvalue weighted by Crippen LogP contribution is 2.24. The minimum atomic E-state index is 0.229. The first-order chi connectivity index (χ1) is 15.2. The molecule has 3 aromatic rings. The van der Waals surface area contributed by atoms with Gasteiger partial charge in [-0.2, -0.15) is 0 Å². The number of hydrogen-bond acceptors (Lipinski definition) is 7. The maximum Gasteiger partial charge on any atom is 0.191 e. The zero-order valence-corrected chi connectivity index (χ0v) is 18.9. The second-order valence-electron chi connectivity index (χ2n) is 7.78. The summed E-state index contributed by atoms with van der Waals surface area (Å²) in [7, 11) is 3.80. The third kappa shape index (κ3) is 6.06. The van der Waals surface area contributed by atoms with Crippen LogP contribution >= 0.6 is 11.8 Å². The van der Waals surface area contributed by atoms with Gasteiger partial charge < -0.3 is 14.0 Å². The third-order valence-corrected chi connectivity index (χ3v) is 6.28. The molecule has 1 aliphatic rings. The highest BCUT2D eigenvalue weighted by molar-refractivity contribution is 7.98. The minimum absolute atomic E-state index is 0.229. The molecule has 1 aromatic carbocycles. The number of hydrogen-bond donors (Lipinski definition) is 0. The zero-order valence-electron chi connectivity index (χ0n) is 18.1. The first-order valence-electron chi connectivity index (χ1n) is 10.6. The van der Waals surface area contributed by atoms with Gasteiger partial charge in [0.1, 0.15) is 11.6 Å². The Hall–Kier alpha value is -2.42. The Morgan fingerprint density at radius 3 is 2.90 bits per heavy atom. The average Bonchev–Trinajstić information content (AvgIpc) is 3.44. The highest BCUT2D eigenvalue weighted by Gasteiger charge is 2.22. The molecule has 0 amide bonds. The first kappa shape index (κ1) is 21.8. The van der Waals surface area contributed by atoms with Crippen LogP contribution in [0.4, 0.5) is 0 Å². The third-order valence-electron chi connectivity index (χ3n) is 5.28. The van der Waals surface area contributed by atoms with Crippen molar-refractivity contribution in [2.45, 2.75) is 49.5 Å². The topological polar surface area (TPSA) is 65.3 Å². The normalized spacial score (nSPS) is 16.2. The molecule has 0 unspecified atom stereocenters. The van der Waals surface area contributed by atoms with Gasteiger partial charge in [-0.05, 0) is 49.7 Å². The molecule has 164 valence electrons. The lowest BCUT2D eigenvalue weighted by atomic mass is 10.2. The van der Waals surface area contributed by atoms with E-state index in [0.717, 1.165) is 60.7 Å². The molecule has 7 nitrogen and oxygen atoms in total. The van der Waals surface area contributed by atoms with E-state index in [0.29, 0.717) is 6.54 Å². The minimum Gasteiger partial charge on any atom is -0.497 e. The molecule has 1 atom stereocenters. The van der Waals surface area contributed by atoms with Crippen molar-refractivity contribution < 1.29 is 9.47 Å². The van der Waals surface area contributed by atoms with Crippen LogP contribution in [-0.4, -0.2) is 51.5 Å². The number of methoxy groups -OCH3 is 1. The lowest BCUT2D eigenvalue weighted by Crippen LogP contribution is -2.23. The van der Waals surface area contributed by atoms with Crippen LogP contribution in [0.1, 0.15) is 29.9 Å². The Labute approximate surface area is 187 Å². The SMILES string of the molecule is COc1cccc(CN(C)Cc2nnc(SCc3ccccn3)n2C[C@H]2CCCO2)c1. The van der Waals surface area contributed by atoms with Gasteiger partial charge in [0.05, 0.1) is 32.0 Å². The monoisotopic (exact) mass is 439 g/mol. The van der Waals surface area contributed by atoms with Crippen molar-refractivity contribution in [1.29, 1.82) is 0 Å². The van der Waals surface area contributed by atoms with Gasteiger partial charge in [0.15, 0.2) is 5.16 Å². The molecule has 0 saturated carbocycles. The maximum atomic E-state index is 5.90. The van der Waals surface area contributed by atoms with Gasteiger partial charge in [-0.15, -0.1) is 10.2 Å². The molecule has 0 bridgehead atoms. The summed E-state index contributed by atoms with van der Waals surface area (Å²) in [5.41, 5.74) is 2.24. The molecule has 1 aliphatic heterocycles. The average molecular weight is 440 g/mol. The smallest absolute Gasteiger partial charge is 0.191 e. The molecule has 4 rings (SSSR count). The number of rotatable bonds is 10. The summed E-state index contributed by atoms with van der Waals surface area (Å²) in [4.78, 5) is 6.67. The van der Waals surface area contributed by atoms with Crippen LogP contribution in [0.15, 0.2) is 53.8 Å². The fourth-order valence-electron chi connectivity index (χ4n) is 3.72. The predicted octanol–water partition coefficient (Wildman–Crippen LogP) is 3.79. The van der Waals surface area contributed by atoms with Gasteiger partial charge in [0.25, 0.3) is 0 Å². The number of thioether (sulfide) groups is 1. The van der Waals surface area contributed by atoms with Crippen LogP contribution in [0.3, 0.4) is 0 Å². The molecular weight excluding hydrogens is 410 g/mol. The number of aromatic nitrogens is 4. The van der Waals surface area contributed by atoms with Crippen LogP contribution in [0, 0.1) is 0 Å². The Kier molecular flexibility index (Phi) is 7.56. The summed E-state index contributed by atoms with van der Waals surface area (Å²) in [5.74, 6) is 2.61. The summed E-state index contributed by atoms with van der Waals surface area (Å²) in [5, 5.41) is 9.96. The largest absolute Gasteiger partial charge is 0.497 e. The van der Waals surface area contributed by atoms with Crippen molar-refractivity contribution in [3.8, 4) is 5.75 Å². The van der Waals surface area contributed by atoms with Crippen LogP contribution in [-0.2, 0) is 30.1 Å². The van der Waals surface area contributed by atoms with Crippen molar-refractivity contribution in [2.75, 3.05) is 20.8 Å². The van der Waals surface area contributed by atoms with E-state index in [9.17, 15) is 0 Å². The molecule has 1 fully saturated rings. The quantitative estimate of drug-likeness (QED) is 0.445. The maximum absolute atomic E-state index is 5.90. The lowest BCUT2D eigenvalue weighted by molar-refractivity contribution is 0.0934. The fraction of sp³-hybridized carbons (Fsp3) is 0.435. The van der Waals surface area contributed by atoms with Gasteiger partial charge >= 0.3 is 0 Å². The van der Waals surface area contributed by atoms with Gasteiger partial charge in [0.2, 0.25) is 0 Å². The van der Waals surface area contributed by atoms with E-state index in [1.165, 1.54) is 5.56 Å². The first-order valence-corrected chi connectivity index (χ1v) is 11.6. The summed E-state index contributed by atoms with van der Waals surface area (Å²) >= 11 is 1.68. The van der Waals surface area contributed by atoms with E-state index in [2.05, 4.69) is 43.8 Å². The molecular formula is C23H29N5O2S. The van der Waals surface area contributed by atoms with Gasteiger partial charge in [0, 0.05) is 25.1 Å². The van der Waals surface area contributed by atoms with Crippen molar-refractivity contribution in [1.82, 2.24) is 24.6 Å². The number of pyridine rings is 1. The Bertz CT molecular complexity index is 960. The molecule has 1 saturated heterocycles. The van der Waals surface area contributed by atoms with Crippen molar-refractivity contribution >= 4 is 11.8 Å². The molecule has 0 spiro atoms. The van der Waals surface area contributed by atoms with Crippen molar-refractivity contribution in [2.24, 2.45) is 0 Å². The van der Waals surface area contributed by atoms with Crippen LogP contribution < -0.4 is 4.74 Å². The number of nitrogens with zero attached hydrogens (tertiary/aromatic N) is 5. The molecule has 8 heteroatoms. The molecule has 0 radical (unpaired) electrons. The van der Waals surface area contributed by atoms with Crippen LogP contribution in [0.2, 0.25) is 0 Å². The number of ether oxygens (including phenoxy) is 2. The standard InChI is InChI=1S/C23H29N5O2S/c1-27(14-18-7-5-9-20(13-18)29-2)16-22-25-26-23(28(22)15-21-10-6-12-30-21)31-17-19-8-3-4-11-24-19/h3-5,7-9,11,13,21H,6,10,12,14-17H2,1-2H3/t21-/m1/s1. The van der Waals surface area contributed by atoms with E-state index >= 15 is 0 Å². The number of benzene rings is 1. The molecule has 3 heterocycles. The second kappa shape index (κ2) is 10.7. The van der Waals surface area contributed by atoms with Crippen LogP contribution in [0.5, 0.6) is 5.75 Å².